The van der Waals surface area contributed by atoms with Gasteiger partial charge in [-0.15, -0.1) is 0 Å². The predicted octanol–water partition coefficient (Wildman–Crippen LogP) is 16.4. The molecule has 0 N–H and O–H groups in total. The number of nitrogens with zero attached hydrogens (tertiary/aromatic N) is 4. The first-order chi connectivity index (χ1) is 62.8. The Morgan fingerprint density at radius 3 is 0.833 bits per heavy atom. The largest absolute Gasteiger partial charge is 1.00 e. The monoisotopic (exact) mass is 1980 g/mol. The fourth-order valence-electron chi connectivity index (χ4n) is 13.8. The summed E-state index contributed by atoms with van der Waals surface area (Å²) < 4.78 is 38.8. The van der Waals surface area contributed by atoms with Gasteiger partial charge >= 0.3 is 66.2 Å². The molecule has 2 aromatic heterocycles. The first-order valence-electron chi connectivity index (χ1n) is 41.7. The number of aromatic nitrogens is 4. The summed E-state index contributed by atoms with van der Waals surface area (Å²) in [5.41, 5.74) is 5.19. The minimum Gasteiger partial charge on any atom is -1.00 e. The molecule has 132 heavy (non-hydrogen) atoms. The van der Waals surface area contributed by atoms with Gasteiger partial charge in [-0.25, -0.2) is 28.7 Å². The van der Waals surface area contributed by atoms with Crippen LogP contribution in [0.25, 0.3) is 33.1 Å². The summed E-state index contributed by atoms with van der Waals surface area (Å²) in [6, 6.07) is 149. The van der Waals surface area contributed by atoms with Crippen molar-refractivity contribution < 1.29 is 114 Å². The van der Waals surface area contributed by atoms with E-state index in [2.05, 4.69) is 389 Å². The van der Waals surface area contributed by atoms with Crippen molar-refractivity contribution >= 4 is 171 Å². The van der Waals surface area contributed by atoms with Gasteiger partial charge in [0.2, 0.25) is 0 Å². The van der Waals surface area contributed by atoms with Crippen molar-refractivity contribution in [2.45, 2.75) is 59.7 Å². The minimum absolute atomic E-state index is 0. The van der Waals surface area contributed by atoms with Crippen molar-refractivity contribution in [1.82, 2.24) is 19.9 Å². The van der Waals surface area contributed by atoms with E-state index in [1.54, 1.807) is 75.4 Å². The fraction of sp³-hybridized carbons (Fsp3) is 0.0818. The van der Waals surface area contributed by atoms with Gasteiger partial charge in [0, 0.05) is 46.8 Å². The number of hydrogen-bond acceptors (Lipinski definition) is 9. The molecule has 0 radical (unpaired) electrons. The molecule has 18 aromatic rings. The summed E-state index contributed by atoms with van der Waals surface area (Å²) in [5.74, 6) is -0.375. The average molecular weight is 1990 g/mol. The molecule has 1 saturated heterocycles. The zero-order chi connectivity index (χ0) is 90.8. The Morgan fingerprint density at radius 2 is 0.583 bits per heavy atom. The van der Waals surface area contributed by atoms with E-state index in [0.29, 0.717) is 31.9 Å². The second-order valence-corrected chi connectivity index (χ2v) is 40.4. The Labute approximate surface area is 854 Å². The third-order valence-corrected chi connectivity index (χ3v) is 31.3. The molecular formula is C110H96BCl3F2N4Na2O5P4Pd. The van der Waals surface area contributed by atoms with E-state index in [-0.39, 0.29) is 110 Å². The molecule has 656 valence electrons. The van der Waals surface area contributed by atoms with Gasteiger partial charge < -0.3 is 20.9 Å². The number of benzene rings is 16. The number of aryl methyl sites for hydroxylation is 3. The standard InChI is InChI=1S/4C18H15P.C16H12ClFN2.C13H18BFO2.C8H4Cl2N2.CH2O3.2Na.Pd.H/c4*1-4-10-16(11-5-1)19(17-12-6-2-7-13-17)18-14-8-3-9-15-18;1-9-5-11(6-10(2)15(9)18)16-13-4-3-12(17)7-14(13)19-8-20-16;1-9-8-10(6-7-11(9)15)14-16-12(2,3)13(4,5)17-14;9-5-1-2-6-7(3-5)11-4-12-8(6)10;2-1-4-3;;;;/h4*1-15H;3-8H,1-2H3;6-8H,1-5H3;1-4H;1,3H;;;;/q;;;;;;;;2*+1;;-1/p-1. The molecule has 0 unspecified atom stereocenters. The zero-order valence-corrected chi connectivity index (χ0v) is 86.0. The van der Waals surface area contributed by atoms with E-state index in [1.165, 1.54) is 82.4 Å². The molecule has 0 spiro atoms. The summed E-state index contributed by atoms with van der Waals surface area (Å²) in [6.07, 6.45) is 2.92. The van der Waals surface area contributed by atoms with Crippen LogP contribution in [0.3, 0.4) is 0 Å². The molecule has 0 aliphatic carbocycles. The molecule has 0 amide bonds. The van der Waals surface area contributed by atoms with Crippen LogP contribution in [0.5, 0.6) is 0 Å². The van der Waals surface area contributed by atoms with Crippen molar-refractivity contribution in [3.05, 3.63) is 487 Å². The van der Waals surface area contributed by atoms with E-state index >= 15 is 0 Å². The molecule has 22 heteroatoms. The summed E-state index contributed by atoms with van der Waals surface area (Å²) in [7, 11) is -2.20. The Balaban J connectivity index is 0.000000189. The molecule has 0 bridgehead atoms. The van der Waals surface area contributed by atoms with Crippen LogP contribution in [0, 0.1) is 32.4 Å². The van der Waals surface area contributed by atoms with E-state index in [1.807, 2.05) is 33.8 Å². The Hall–Kier alpha value is -9.27. The molecular weight excluding hydrogens is 1890 g/mol. The summed E-state index contributed by atoms with van der Waals surface area (Å²) >= 11 is 17.6. The van der Waals surface area contributed by atoms with Crippen molar-refractivity contribution in [3.63, 3.8) is 0 Å². The first-order valence-corrected chi connectivity index (χ1v) is 48.2. The third kappa shape index (κ3) is 30.6. The predicted molar refractivity (Wildman–Crippen MR) is 545 cm³/mol. The van der Waals surface area contributed by atoms with E-state index in [0.717, 1.165) is 38.5 Å². The van der Waals surface area contributed by atoms with Gasteiger partial charge in [-0.05, 0) is 221 Å². The second kappa shape index (κ2) is 54.9. The molecule has 3 heterocycles. The van der Waals surface area contributed by atoms with E-state index in [9.17, 15) is 8.78 Å². The van der Waals surface area contributed by atoms with Crippen molar-refractivity contribution in [2.24, 2.45) is 0 Å². The fourth-order valence-corrected chi connectivity index (χ4v) is 23.6. The average Bonchev–Trinajstić information content (AvgIpc) is 1.66. The van der Waals surface area contributed by atoms with Gasteiger partial charge in [-0.1, -0.05) is 411 Å². The maximum atomic E-state index is 13.7. The van der Waals surface area contributed by atoms with Gasteiger partial charge in [-0.3, -0.25) is 4.79 Å². The molecule has 1 aliphatic rings. The van der Waals surface area contributed by atoms with Crippen LogP contribution in [0.1, 0.15) is 45.8 Å². The van der Waals surface area contributed by atoms with E-state index < -0.39 is 38.8 Å². The van der Waals surface area contributed by atoms with Crippen molar-refractivity contribution in [1.29, 1.82) is 0 Å². The Morgan fingerprint density at radius 1 is 0.341 bits per heavy atom. The number of hydrogen-bond donors (Lipinski definition) is 0. The van der Waals surface area contributed by atoms with Crippen LogP contribution in [-0.4, -0.2) is 44.7 Å². The molecule has 19 rings (SSSR count). The topological polar surface area (TPSA) is 119 Å². The smallest absolute Gasteiger partial charge is 1.00 e. The summed E-state index contributed by atoms with van der Waals surface area (Å²) in [6.45, 7) is 13.1. The SMILES string of the molecule is Cc1cc(-c2ncnc3cc(Cl)ccc23)cc(C)c1F.Cc1cc(B2OC(C)(C)C(C)(C)O2)ccc1F.Clc1ccc2c(Cl)ncnc2c1.O=CO[O-].[H-].[Na+].[Na+].[Pd].c1ccc(P(c2ccccc2)c2ccccc2)cc1.c1ccc(P(c2ccccc2)c2ccccc2)cc1.c1ccc(P(c2ccccc2)c2ccccc2)cc1.c1ccc(P(c2ccccc2)c2ccccc2)cc1. The molecule has 1 fully saturated rings. The van der Waals surface area contributed by atoms with Crippen LogP contribution in [0.4, 0.5) is 8.78 Å². The molecule has 9 nitrogen and oxygen atoms in total. The van der Waals surface area contributed by atoms with Gasteiger partial charge in [-0.2, -0.15) is 0 Å². The van der Waals surface area contributed by atoms with Crippen LogP contribution >= 0.6 is 66.5 Å². The van der Waals surface area contributed by atoms with Crippen LogP contribution in [0.15, 0.2) is 443 Å². The minimum atomic E-state index is -0.446. The number of carbonyl (C=O) groups excluding carboxylic acids is 1. The Bertz CT molecular complexity index is 5600. The van der Waals surface area contributed by atoms with Crippen molar-refractivity contribution in [2.75, 3.05) is 0 Å². The van der Waals surface area contributed by atoms with Gasteiger partial charge in [0.25, 0.3) is 6.47 Å². The number of carbonyl (C=O) groups is 1. The summed E-state index contributed by atoms with van der Waals surface area (Å²) in [5, 5.41) is 28.7. The van der Waals surface area contributed by atoms with Crippen molar-refractivity contribution in [3.8, 4) is 11.3 Å². The van der Waals surface area contributed by atoms with Gasteiger partial charge in [0.15, 0.2) is 0 Å². The molecule has 0 saturated carbocycles. The van der Waals surface area contributed by atoms with Crippen LogP contribution in [-0.2, 0) is 39.4 Å². The Kier molecular flexibility index (Phi) is 44.3. The number of rotatable bonds is 15. The van der Waals surface area contributed by atoms with Crippen LogP contribution in [0.2, 0.25) is 15.2 Å². The maximum absolute atomic E-state index is 13.7. The molecule has 16 aromatic carbocycles. The number of halogens is 5. The second-order valence-electron chi connectivity index (χ2n) is 30.3. The van der Waals surface area contributed by atoms with E-state index in [4.69, 9.17) is 54.2 Å². The quantitative estimate of drug-likeness (QED) is 0.0247. The first kappa shape index (κ1) is 106. The third-order valence-electron chi connectivity index (χ3n) is 20.8. The van der Waals surface area contributed by atoms with Gasteiger partial charge in [0.05, 0.1) is 27.9 Å². The van der Waals surface area contributed by atoms with Gasteiger partial charge in [0.1, 0.15) is 29.4 Å². The number of fused-ring (bicyclic) bond motifs is 2. The molecule has 0 atom stereocenters. The molecule has 1 aliphatic heterocycles. The normalized spacial score (nSPS) is 11.7. The summed E-state index contributed by atoms with van der Waals surface area (Å²) in [4.78, 5) is 27.7. The zero-order valence-electron chi connectivity index (χ0n) is 75.6. The van der Waals surface area contributed by atoms with Crippen LogP contribution < -0.4 is 133 Å². The maximum Gasteiger partial charge on any atom is 1.00 e.